The molecule has 10 nitrogen and oxygen atoms in total. The van der Waals surface area contributed by atoms with Crippen LogP contribution in [0.5, 0.6) is 0 Å². The van der Waals surface area contributed by atoms with Gasteiger partial charge in [-0.2, -0.15) is 0 Å². The molecule has 0 aromatic carbocycles. The molecule has 0 aliphatic rings. The van der Waals surface area contributed by atoms with Gasteiger partial charge in [0.2, 0.25) is 5.56 Å². The van der Waals surface area contributed by atoms with Crippen LogP contribution in [0.15, 0.2) is 66.0 Å². The third-order valence-corrected chi connectivity index (χ3v) is 6.59. The predicted octanol–water partition coefficient (Wildman–Crippen LogP) is 4.73. The first-order chi connectivity index (χ1) is 19.7. The summed E-state index contributed by atoms with van der Waals surface area (Å²) in [5.41, 5.74) is 6.26. The first-order valence-corrected chi connectivity index (χ1v) is 12.8. The number of nitrogens with zero attached hydrogens (tertiary/aromatic N) is 5. The van der Waals surface area contributed by atoms with E-state index in [1.165, 1.54) is 18.3 Å². The van der Waals surface area contributed by atoms with Crippen LogP contribution in [0.4, 0.5) is 15.9 Å². The van der Waals surface area contributed by atoms with Crippen LogP contribution in [0.1, 0.15) is 38.6 Å². The number of hydrogen-bond acceptors (Lipinski definition) is 8. The fraction of sp³-hybridized carbons (Fsp3) is 0.167. The van der Waals surface area contributed by atoms with Crippen LogP contribution in [-0.2, 0) is 6.54 Å². The summed E-state index contributed by atoms with van der Waals surface area (Å²) in [6.45, 7) is 7.61. The minimum Gasteiger partial charge on any atom is -0.347 e. The van der Waals surface area contributed by atoms with Gasteiger partial charge in [0, 0.05) is 65.0 Å². The number of carbonyl (C=O) groups excluding carboxylic acids is 1. The molecule has 0 radical (unpaired) electrons. The summed E-state index contributed by atoms with van der Waals surface area (Å²) in [4.78, 5) is 49.3. The summed E-state index contributed by atoms with van der Waals surface area (Å²) in [5.74, 6) is 0.253. The average Bonchev–Trinajstić information content (AvgIpc) is 2.95. The second kappa shape index (κ2) is 11.4. The molecule has 0 spiro atoms. The van der Waals surface area contributed by atoms with E-state index in [9.17, 15) is 14.0 Å². The van der Waals surface area contributed by atoms with Crippen molar-refractivity contribution in [1.29, 1.82) is 0 Å². The van der Waals surface area contributed by atoms with E-state index in [0.717, 1.165) is 16.8 Å². The number of anilines is 2. The third kappa shape index (κ3) is 6.14. The van der Waals surface area contributed by atoms with Crippen molar-refractivity contribution in [2.24, 2.45) is 0 Å². The van der Waals surface area contributed by atoms with E-state index >= 15 is 0 Å². The molecule has 0 saturated heterocycles. The Kier molecular flexibility index (Phi) is 7.59. The van der Waals surface area contributed by atoms with Gasteiger partial charge < -0.3 is 15.6 Å². The van der Waals surface area contributed by atoms with Crippen molar-refractivity contribution in [3.8, 4) is 22.6 Å². The first kappa shape index (κ1) is 27.3. The largest absolute Gasteiger partial charge is 0.347 e. The van der Waals surface area contributed by atoms with E-state index in [2.05, 4.69) is 40.5 Å². The van der Waals surface area contributed by atoms with Crippen molar-refractivity contribution < 1.29 is 9.18 Å². The van der Waals surface area contributed by atoms with Gasteiger partial charge in [0.15, 0.2) is 5.82 Å². The molecule has 5 rings (SSSR count). The van der Waals surface area contributed by atoms with Crippen molar-refractivity contribution in [1.82, 2.24) is 35.2 Å². The van der Waals surface area contributed by atoms with Gasteiger partial charge in [0.25, 0.3) is 5.91 Å². The number of rotatable bonds is 7. The maximum Gasteiger partial charge on any atom is 0.270 e. The number of hydrogen-bond donors (Lipinski definition) is 3. The Bertz CT molecular complexity index is 1820. The van der Waals surface area contributed by atoms with Gasteiger partial charge in [0.1, 0.15) is 17.3 Å². The second-order valence-corrected chi connectivity index (χ2v) is 9.58. The summed E-state index contributed by atoms with van der Waals surface area (Å²) < 4.78 is 13.6. The Labute approximate surface area is 235 Å². The molecule has 0 bridgehead atoms. The van der Waals surface area contributed by atoms with E-state index < -0.39 is 5.82 Å². The molecule has 0 fully saturated rings. The zero-order valence-corrected chi connectivity index (χ0v) is 22.9. The highest BCUT2D eigenvalue weighted by atomic mass is 19.1. The number of pyridine rings is 4. The van der Waals surface area contributed by atoms with Crippen molar-refractivity contribution in [2.45, 2.75) is 34.2 Å². The molecule has 5 heterocycles. The predicted molar refractivity (Wildman–Crippen MR) is 153 cm³/mol. The molecule has 0 atom stereocenters. The number of nitrogens with one attached hydrogen (secondary N) is 3. The molecule has 11 heteroatoms. The lowest BCUT2D eigenvalue weighted by Crippen LogP contribution is -2.24. The van der Waals surface area contributed by atoms with Crippen LogP contribution in [0, 0.1) is 33.5 Å². The summed E-state index contributed by atoms with van der Waals surface area (Å²) in [7, 11) is 0. The zero-order chi connectivity index (χ0) is 29.1. The number of aromatic nitrogens is 6. The van der Waals surface area contributed by atoms with Crippen molar-refractivity contribution in [3.63, 3.8) is 0 Å². The van der Waals surface area contributed by atoms with Crippen LogP contribution in [0.3, 0.4) is 0 Å². The molecular formula is C30H27FN8O2. The molecule has 5 aromatic rings. The molecule has 0 saturated carbocycles. The Balaban J connectivity index is 1.29. The molecule has 1 amide bonds. The van der Waals surface area contributed by atoms with Gasteiger partial charge in [-0.05, 0) is 63.1 Å². The SMILES string of the molecule is Cc1cc(-c2nc(C)c(C)c(Nc3cc[nH]c(=O)c3)n2)cnc1C(=O)NCc1ccc(-c2cc(F)cnc2C)nc1. The number of aryl methyl sites for hydroxylation is 3. The fourth-order valence-electron chi connectivity index (χ4n) is 4.19. The normalized spacial score (nSPS) is 10.9. The number of halogens is 1. The van der Waals surface area contributed by atoms with Gasteiger partial charge in [-0.15, -0.1) is 0 Å². The van der Waals surface area contributed by atoms with Crippen LogP contribution in [0.2, 0.25) is 0 Å². The van der Waals surface area contributed by atoms with E-state index in [-0.39, 0.29) is 23.7 Å². The smallest absolute Gasteiger partial charge is 0.270 e. The number of H-pyrrole nitrogens is 1. The quantitative estimate of drug-likeness (QED) is 0.264. The van der Waals surface area contributed by atoms with E-state index in [1.54, 1.807) is 44.6 Å². The first-order valence-electron chi connectivity index (χ1n) is 12.8. The van der Waals surface area contributed by atoms with Gasteiger partial charge in [0.05, 0.1) is 11.9 Å². The number of aromatic amines is 1. The fourth-order valence-corrected chi connectivity index (χ4v) is 4.19. The Morgan fingerprint density at radius 2 is 1.76 bits per heavy atom. The van der Waals surface area contributed by atoms with E-state index in [0.29, 0.717) is 45.4 Å². The summed E-state index contributed by atoms with van der Waals surface area (Å²) >= 11 is 0. The molecule has 206 valence electrons. The monoisotopic (exact) mass is 550 g/mol. The lowest BCUT2D eigenvalue weighted by molar-refractivity contribution is 0.0945. The Morgan fingerprint density at radius 1 is 0.927 bits per heavy atom. The minimum atomic E-state index is -0.427. The van der Waals surface area contributed by atoms with Crippen molar-refractivity contribution in [3.05, 3.63) is 111 Å². The van der Waals surface area contributed by atoms with Gasteiger partial charge in [-0.3, -0.25) is 24.5 Å². The number of amides is 1. The van der Waals surface area contributed by atoms with Crippen molar-refractivity contribution >= 4 is 17.4 Å². The lowest BCUT2D eigenvalue weighted by Gasteiger charge is -2.13. The minimum absolute atomic E-state index is 0.225. The van der Waals surface area contributed by atoms with Crippen LogP contribution in [0.25, 0.3) is 22.6 Å². The average molecular weight is 551 g/mol. The Hall–Kier alpha value is -5.32. The maximum atomic E-state index is 13.6. The highest BCUT2D eigenvalue weighted by molar-refractivity contribution is 5.94. The maximum absolute atomic E-state index is 13.6. The second-order valence-electron chi connectivity index (χ2n) is 9.58. The Morgan fingerprint density at radius 3 is 2.49 bits per heavy atom. The summed E-state index contributed by atoms with van der Waals surface area (Å²) in [6, 6.07) is 9.99. The molecule has 0 aliphatic heterocycles. The number of carbonyl (C=O) groups is 1. The molecule has 3 N–H and O–H groups in total. The van der Waals surface area contributed by atoms with Crippen LogP contribution in [-0.4, -0.2) is 35.8 Å². The van der Waals surface area contributed by atoms with E-state index in [4.69, 9.17) is 0 Å². The van der Waals surface area contributed by atoms with Gasteiger partial charge in [-0.25, -0.2) is 14.4 Å². The molecule has 0 unspecified atom stereocenters. The summed E-state index contributed by atoms with van der Waals surface area (Å²) in [6.07, 6.45) is 5.93. The summed E-state index contributed by atoms with van der Waals surface area (Å²) in [5, 5.41) is 6.05. The highest BCUT2D eigenvalue weighted by Gasteiger charge is 2.16. The van der Waals surface area contributed by atoms with E-state index in [1.807, 2.05) is 26.0 Å². The topological polar surface area (TPSA) is 138 Å². The van der Waals surface area contributed by atoms with Gasteiger partial charge >= 0.3 is 0 Å². The molecular weight excluding hydrogens is 523 g/mol. The highest BCUT2D eigenvalue weighted by Crippen LogP contribution is 2.25. The van der Waals surface area contributed by atoms with Crippen LogP contribution < -0.4 is 16.2 Å². The molecule has 41 heavy (non-hydrogen) atoms. The zero-order valence-electron chi connectivity index (χ0n) is 22.9. The third-order valence-electron chi connectivity index (χ3n) is 6.59. The lowest BCUT2D eigenvalue weighted by atomic mass is 10.1. The molecule has 0 aliphatic carbocycles. The molecule has 5 aromatic heterocycles. The van der Waals surface area contributed by atoms with Crippen molar-refractivity contribution in [2.75, 3.05) is 5.32 Å². The standard InChI is InChI=1S/C30H27FN8O2/c1-16-9-21(29-37-18(3)17(2)28(39-29)38-23-7-8-32-26(40)11-23)14-35-27(16)30(41)36-13-20-5-6-25(34-12-20)24-10-22(31)15-33-19(24)4/h5-12,14-15H,13H2,1-4H3,(H,36,41)(H2,32,37,38,39,40). The van der Waals surface area contributed by atoms with Gasteiger partial charge in [-0.1, -0.05) is 6.07 Å². The van der Waals surface area contributed by atoms with Crippen LogP contribution >= 0.6 is 0 Å².